The van der Waals surface area contributed by atoms with E-state index in [0.29, 0.717) is 22.2 Å². The normalized spacial score (nSPS) is 11.9. The van der Waals surface area contributed by atoms with Crippen molar-refractivity contribution < 1.29 is 14.3 Å². The number of ether oxygens (including phenoxy) is 2. The topological polar surface area (TPSA) is 65.4 Å². The van der Waals surface area contributed by atoms with Gasteiger partial charge in [-0.2, -0.15) is 5.10 Å². The zero-order chi connectivity index (χ0) is 17.9. The number of halogens is 1. The van der Waals surface area contributed by atoms with Gasteiger partial charge in [0.1, 0.15) is 18.0 Å². The molecule has 7 heteroatoms. The van der Waals surface area contributed by atoms with Crippen molar-refractivity contribution in [3.63, 3.8) is 0 Å². The third-order valence-electron chi connectivity index (χ3n) is 3.87. The summed E-state index contributed by atoms with van der Waals surface area (Å²) in [4.78, 5) is 12.3. The average Bonchev–Trinajstić information content (AvgIpc) is 2.80. The minimum absolute atomic E-state index is 0.107. The van der Waals surface area contributed by atoms with Crippen LogP contribution in [0.1, 0.15) is 29.9 Å². The molecule has 0 saturated carbocycles. The molecule has 0 aliphatic rings. The number of hydrogen-bond donors (Lipinski definition) is 1. The van der Waals surface area contributed by atoms with Crippen LogP contribution in [0.25, 0.3) is 0 Å². The summed E-state index contributed by atoms with van der Waals surface area (Å²) < 4.78 is 12.2. The van der Waals surface area contributed by atoms with Gasteiger partial charge in [0, 0.05) is 5.56 Å². The van der Waals surface area contributed by atoms with Gasteiger partial charge >= 0.3 is 0 Å². The predicted octanol–water partition coefficient (Wildman–Crippen LogP) is 3.05. The largest absolute Gasteiger partial charge is 0.497 e. The van der Waals surface area contributed by atoms with Gasteiger partial charge in [0.25, 0.3) is 0 Å². The molecule has 1 aromatic carbocycles. The Morgan fingerprint density at radius 3 is 2.58 bits per heavy atom. The van der Waals surface area contributed by atoms with Gasteiger partial charge in [0.2, 0.25) is 5.91 Å². The molecule has 0 bridgehead atoms. The first-order valence-electron chi connectivity index (χ1n) is 7.58. The van der Waals surface area contributed by atoms with E-state index in [-0.39, 0.29) is 18.5 Å². The van der Waals surface area contributed by atoms with Gasteiger partial charge in [-0.3, -0.25) is 9.48 Å². The number of hydrogen-bond acceptors (Lipinski definition) is 4. The molecule has 0 aliphatic heterocycles. The van der Waals surface area contributed by atoms with E-state index < -0.39 is 0 Å². The standard InChI is InChI=1S/C17H22ClN3O3/c1-10(14-8-13(23-4)6-7-15(14)24-5)19-16(22)9-21-12(3)17(18)11(2)20-21/h6-8,10H,9H2,1-5H3,(H,19,22). The number of aromatic nitrogens is 2. The second-order valence-electron chi connectivity index (χ2n) is 5.54. The molecule has 130 valence electrons. The Hall–Kier alpha value is -2.21. The van der Waals surface area contributed by atoms with Crippen LogP contribution in [0.4, 0.5) is 0 Å². The van der Waals surface area contributed by atoms with Crippen molar-refractivity contribution in [3.8, 4) is 11.5 Å². The maximum absolute atomic E-state index is 12.3. The molecule has 1 aromatic heterocycles. The number of methoxy groups -OCH3 is 2. The van der Waals surface area contributed by atoms with Gasteiger partial charge in [-0.05, 0) is 39.0 Å². The average molecular weight is 352 g/mol. The second-order valence-corrected chi connectivity index (χ2v) is 5.92. The third-order valence-corrected chi connectivity index (χ3v) is 4.41. The smallest absolute Gasteiger partial charge is 0.242 e. The fraction of sp³-hybridized carbons (Fsp3) is 0.412. The summed E-state index contributed by atoms with van der Waals surface area (Å²) in [6.07, 6.45) is 0. The first-order chi connectivity index (χ1) is 11.4. The number of nitrogens with zero attached hydrogens (tertiary/aromatic N) is 2. The van der Waals surface area contributed by atoms with Gasteiger partial charge in [-0.15, -0.1) is 0 Å². The maximum atomic E-state index is 12.3. The van der Waals surface area contributed by atoms with Crippen LogP contribution in [0, 0.1) is 13.8 Å². The molecule has 1 N–H and O–H groups in total. The molecule has 0 spiro atoms. The van der Waals surface area contributed by atoms with Crippen LogP contribution in [0.5, 0.6) is 11.5 Å². The molecule has 0 radical (unpaired) electrons. The van der Waals surface area contributed by atoms with Crippen molar-refractivity contribution in [1.29, 1.82) is 0 Å². The number of rotatable bonds is 6. The van der Waals surface area contributed by atoms with Crippen LogP contribution in [-0.4, -0.2) is 29.9 Å². The molecule has 1 unspecified atom stereocenters. The van der Waals surface area contributed by atoms with Crippen molar-refractivity contribution in [1.82, 2.24) is 15.1 Å². The number of nitrogens with one attached hydrogen (secondary N) is 1. The van der Waals surface area contributed by atoms with E-state index in [1.165, 1.54) is 0 Å². The Labute approximate surface area is 146 Å². The lowest BCUT2D eigenvalue weighted by Gasteiger charge is -2.18. The highest BCUT2D eigenvalue weighted by Crippen LogP contribution is 2.29. The lowest BCUT2D eigenvalue weighted by atomic mass is 10.1. The van der Waals surface area contributed by atoms with Gasteiger partial charge in [0.15, 0.2) is 0 Å². The molecule has 0 saturated heterocycles. The summed E-state index contributed by atoms with van der Waals surface area (Å²) in [6, 6.07) is 5.24. The second kappa shape index (κ2) is 7.57. The maximum Gasteiger partial charge on any atom is 0.242 e. The fourth-order valence-electron chi connectivity index (χ4n) is 2.51. The van der Waals surface area contributed by atoms with E-state index in [9.17, 15) is 4.79 Å². The van der Waals surface area contributed by atoms with Crippen molar-refractivity contribution in [2.24, 2.45) is 0 Å². The van der Waals surface area contributed by atoms with Gasteiger partial charge < -0.3 is 14.8 Å². The molecule has 1 heterocycles. The summed E-state index contributed by atoms with van der Waals surface area (Å²) in [6.45, 7) is 5.65. The van der Waals surface area contributed by atoms with Gasteiger partial charge in [0.05, 0.1) is 36.7 Å². The Morgan fingerprint density at radius 2 is 2.04 bits per heavy atom. The molecule has 1 atom stereocenters. The highest BCUT2D eigenvalue weighted by atomic mass is 35.5. The number of aryl methyl sites for hydroxylation is 1. The number of amides is 1. The minimum atomic E-state index is -0.241. The van der Waals surface area contributed by atoms with E-state index in [0.717, 1.165) is 11.3 Å². The Bertz CT molecular complexity index is 743. The van der Waals surface area contributed by atoms with Crippen LogP contribution < -0.4 is 14.8 Å². The fourth-order valence-corrected chi connectivity index (χ4v) is 2.64. The first kappa shape index (κ1) is 18.1. The zero-order valence-corrected chi connectivity index (χ0v) is 15.3. The highest BCUT2D eigenvalue weighted by Gasteiger charge is 2.17. The van der Waals surface area contributed by atoms with Crippen molar-refractivity contribution >= 4 is 17.5 Å². The SMILES string of the molecule is COc1ccc(OC)c(C(C)NC(=O)Cn2nc(C)c(Cl)c2C)c1. The van der Waals surface area contributed by atoms with Crippen molar-refractivity contribution in [2.75, 3.05) is 14.2 Å². The Kier molecular flexibility index (Phi) is 5.72. The lowest BCUT2D eigenvalue weighted by molar-refractivity contribution is -0.122. The molecule has 0 fully saturated rings. The molecule has 2 aromatic rings. The van der Waals surface area contributed by atoms with E-state index in [4.69, 9.17) is 21.1 Å². The van der Waals surface area contributed by atoms with Crippen LogP contribution in [-0.2, 0) is 11.3 Å². The minimum Gasteiger partial charge on any atom is -0.497 e. The van der Waals surface area contributed by atoms with Crippen molar-refractivity contribution in [3.05, 3.63) is 40.2 Å². The Balaban J connectivity index is 2.12. The van der Waals surface area contributed by atoms with E-state index in [1.54, 1.807) is 18.9 Å². The molecule has 6 nitrogen and oxygen atoms in total. The molecular formula is C17H22ClN3O3. The number of carbonyl (C=O) groups is 1. The van der Waals surface area contributed by atoms with Crippen molar-refractivity contribution in [2.45, 2.75) is 33.4 Å². The van der Waals surface area contributed by atoms with E-state index >= 15 is 0 Å². The predicted molar refractivity (Wildman–Crippen MR) is 92.8 cm³/mol. The highest BCUT2D eigenvalue weighted by molar-refractivity contribution is 6.31. The summed E-state index contributed by atoms with van der Waals surface area (Å²) in [5, 5.41) is 7.81. The summed E-state index contributed by atoms with van der Waals surface area (Å²) in [7, 11) is 3.19. The lowest BCUT2D eigenvalue weighted by Crippen LogP contribution is -2.31. The third kappa shape index (κ3) is 3.82. The van der Waals surface area contributed by atoms with Gasteiger partial charge in [-0.25, -0.2) is 0 Å². The summed E-state index contributed by atoms with van der Waals surface area (Å²) in [5.74, 6) is 1.24. The van der Waals surface area contributed by atoms with Gasteiger partial charge in [-0.1, -0.05) is 11.6 Å². The Morgan fingerprint density at radius 1 is 1.33 bits per heavy atom. The molecule has 2 rings (SSSR count). The zero-order valence-electron chi connectivity index (χ0n) is 14.5. The summed E-state index contributed by atoms with van der Waals surface area (Å²) in [5.41, 5.74) is 2.33. The monoisotopic (exact) mass is 351 g/mol. The van der Waals surface area contributed by atoms with E-state index in [2.05, 4.69) is 10.4 Å². The summed E-state index contributed by atoms with van der Waals surface area (Å²) >= 11 is 6.11. The molecule has 1 amide bonds. The quantitative estimate of drug-likeness (QED) is 0.868. The number of benzene rings is 1. The van der Waals surface area contributed by atoms with E-state index in [1.807, 2.05) is 39.0 Å². The van der Waals surface area contributed by atoms with Crippen LogP contribution >= 0.6 is 11.6 Å². The molecule has 0 aliphatic carbocycles. The number of carbonyl (C=O) groups excluding carboxylic acids is 1. The molecular weight excluding hydrogens is 330 g/mol. The van der Waals surface area contributed by atoms with Crippen LogP contribution in [0.2, 0.25) is 5.02 Å². The van der Waals surface area contributed by atoms with Crippen LogP contribution in [0.15, 0.2) is 18.2 Å². The van der Waals surface area contributed by atoms with Crippen LogP contribution in [0.3, 0.4) is 0 Å². The first-order valence-corrected chi connectivity index (χ1v) is 7.96. The molecule has 24 heavy (non-hydrogen) atoms.